The van der Waals surface area contributed by atoms with E-state index in [-0.39, 0.29) is 0 Å². The van der Waals surface area contributed by atoms with Crippen molar-refractivity contribution >= 4 is 0 Å². The first kappa shape index (κ1) is 16.9. The average Bonchev–Trinajstić information content (AvgIpc) is 2.67. The number of methoxy groups -OCH3 is 2. The van der Waals surface area contributed by atoms with Gasteiger partial charge < -0.3 is 15.2 Å². The van der Waals surface area contributed by atoms with Crippen molar-refractivity contribution in [3.63, 3.8) is 0 Å². The molecule has 1 aliphatic carbocycles. The predicted molar refractivity (Wildman–Crippen MR) is 79.4 cm³/mol. The van der Waals surface area contributed by atoms with Crippen molar-refractivity contribution in [1.82, 2.24) is 4.90 Å². The Morgan fingerprint density at radius 3 is 2.42 bits per heavy atom. The van der Waals surface area contributed by atoms with Gasteiger partial charge in [-0.2, -0.15) is 0 Å². The summed E-state index contributed by atoms with van der Waals surface area (Å²) in [6.45, 7) is 4.57. The largest absolute Gasteiger partial charge is 0.385 e. The van der Waals surface area contributed by atoms with Crippen LogP contribution in [-0.2, 0) is 9.47 Å². The summed E-state index contributed by atoms with van der Waals surface area (Å²) in [5.74, 6) is 0.655. The molecule has 0 bridgehead atoms. The van der Waals surface area contributed by atoms with Gasteiger partial charge in [0.25, 0.3) is 0 Å². The van der Waals surface area contributed by atoms with Crippen molar-refractivity contribution < 1.29 is 9.47 Å². The average molecular weight is 272 g/mol. The number of nitrogens with two attached hydrogens (primary N) is 1. The Hall–Kier alpha value is -0.160. The molecule has 1 saturated carbocycles. The summed E-state index contributed by atoms with van der Waals surface area (Å²) >= 11 is 0. The molecule has 4 heteroatoms. The molecule has 0 aromatic heterocycles. The van der Waals surface area contributed by atoms with Crippen molar-refractivity contribution in [2.75, 3.05) is 47.1 Å². The highest BCUT2D eigenvalue weighted by atomic mass is 16.5. The van der Waals surface area contributed by atoms with E-state index in [1.165, 1.54) is 32.1 Å². The molecule has 2 unspecified atom stereocenters. The molecule has 0 heterocycles. The van der Waals surface area contributed by atoms with Crippen molar-refractivity contribution in [3.8, 4) is 0 Å². The van der Waals surface area contributed by atoms with E-state index in [0.717, 1.165) is 39.3 Å². The molecule has 0 aliphatic heterocycles. The lowest BCUT2D eigenvalue weighted by Crippen LogP contribution is -2.45. The van der Waals surface area contributed by atoms with Gasteiger partial charge in [-0.1, -0.05) is 19.3 Å². The van der Waals surface area contributed by atoms with E-state index in [1.54, 1.807) is 14.2 Å². The van der Waals surface area contributed by atoms with Gasteiger partial charge >= 0.3 is 0 Å². The summed E-state index contributed by atoms with van der Waals surface area (Å²) < 4.78 is 10.4. The van der Waals surface area contributed by atoms with Crippen LogP contribution in [0.3, 0.4) is 0 Å². The maximum atomic E-state index is 6.00. The molecule has 0 aromatic carbocycles. The van der Waals surface area contributed by atoms with Crippen LogP contribution in [0.25, 0.3) is 0 Å². The van der Waals surface area contributed by atoms with Gasteiger partial charge in [0, 0.05) is 40.0 Å². The van der Waals surface area contributed by atoms with Crippen molar-refractivity contribution in [2.45, 2.75) is 44.6 Å². The quantitative estimate of drug-likeness (QED) is 0.514. The zero-order chi connectivity index (χ0) is 13.9. The summed E-state index contributed by atoms with van der Waals surface area (Å²) in [4.78, 5) is 2.59. The van der Waals surface area contributed by atoms with Crippen LogP contribution in [0.2, 0.25) is 0 Å². The van der Waals surface area contributed by atoms with Crippen molar-refractivity contribution in [1.29, 1.82) is 0 Å². The highest BCUT2D eigenvalue weighted by Gasteiger charge is 2.27. The molecule has 0 spiro atoms. The second kappa shape index (κ2) is 10.6. The monoisotopic (exact) mass is 272 g/mol. The fourth-order valence-corrected chi connectivity index (χ4v) is 3.18. The Labute approximate surface area is 118 Å². The predicted octanol–water partition coefficient (Wildman–Crippen LogP) is 1.88. The van der Waals surface area contributed by atoms with Crippen LogP contribution in [0.15, 0.2) is 0 Å². The first-order valence-corrected chi connectivity index (χ1v) is 7.75. The number of ether oxygens (including phenoxy) is 2. The molecule has 1 aliphatic rings. The maximum Gasteiger partial charge on any atom is 0.0589 e. The molecule has 0 saturated heterocycles. The molecule has 0 radical (unpaired) electrons. The number of hydrogen-bond acceptors (Lipinski definition) is 4. The van der Waals surface area contributed by atoms with E-state index in [2.05, 4.69) is 4.90 Å². The SMILES string of the molecule is COCCCN(CCOC)C1CCCCCC1CN. The van der Waals surface area contributed by atoms with Gasteiger partial charge in [0.05, 0.1) is 6.61 Å². The topological polar surface area (TPSA) is 47.7 Å². The van der Waals surface area contributed by atoms with Crippen molar-refractivity contribution in [3.05, 3.63) is 0 Å². The normalized spacial score (nSPS) is 24.6. The Kier molecular flexibility index (Phi) is 9.43. The van der Waals surface area contributed by atoms with E-state index in [1.807, 2.05) is 0 Å². The van der Waals surface area contributed by atoms with Crippen LogP contribution in [-0.4, -0.2) is 58.0 Å². The zero-order valence-corrected chi connectivity index (χ0v) is 12.8. The van der Waals surface area contributed by atoms with Crippen LogP contribution in [0, 0.1) is 5.92 Å². The summed E-state index contributed by atoms with van der Waals surface area (Å²) in [5, 5.41) is 0. The van der Waals surface area contributed by atoms with Gasteiger partial charge in [-0.05, 0) is 31.7 Å². The Morgan fingerprint density at radius 2 is 1.74 bits per heavy atom. The minimum absolute atomic E-state index is 0.638. The summed E-state index contributed by atoms with van der Waals surface area (Å²) in [7, 11) is 3.55. The van der Waals surface area contributed by atoms with E-state index in [0.29, 0.717) is 12.0 Å². The molecular weight excluding hydrogens is 240 g/mol. The number of rotatable bonds is 9. The van der Waals surface area contributed by atoms with Crippen LogP contribution in [0.4, 0.5) is 0 Å². The highest BCUT2D eigenvalue weighted by molar-refractivity contribution is 4.82. The fraction of sp³-hybridized carbons (Fsp3) is 1.00. The molecule has 0 amide bonds. The Balaban J connectivity index is 2.56. The van der Waals surface area contributed by atoms with Gasteiger partial charge in [0.2, 0.25) is 0 Å². The van der Waals surface area contributed by atoms with Gasteiger partial charge in [-0.15, -0.1) is 0 Å². The smallest absolute Gasteiger partial charge is 0.0589 e. The lowest BCUT2D eigenvalue weighted by Gasteiger charge is -2.36. The van der Waals surface area contributed by atoms with E-state index in [4.69, 9.17) is 15.2 Å². The number of hydrogen-bond donors (Lipinski definition) is 1. The second-order valence-corrected chi connectivity index (χ2v) is 5.58. The third kappa shape index (κ3) is 6.21. The van der Waals surface area contributed by atoms with E-state index < -0.39 is 0 Å². The standard InChI is InChI=1S/C15H32N2O2/c1-18-11-6-9-17(10-12-19-2)15-8-5-3-4-7-14(15)13-16/h14-15H,3-13,16H2,1-2H3. The van der Waals surface area contributed by atoms with Crippen LogP contribution in [0.5, 0.6) is 0 Å². The van der Waals surface area contributed by atoms with Crippen molar-refractivity contribution in [2.24, 2.45) is 11.7 Å². The molecule has 4 nitrogen and oxygen atoms in total. The zero-order valence-electron chi connectivity index (χ0n) is 12.8. The van der Waals surface area contributed by atoms with Crippen LogP contribution in [0.1, 0.15) is 38.5 Å². The highest BCUT2D eigenvalue weighted by Crippen LogP contribution is 2.27. The summed E-state index contributed by atoms with van der Waals surface area (Å²) in [5.41, 5.74) is 6.00. The molecular formula is C15H32N2O2. The van der Waals surface area contributed by atoms with E-state index in [9.17, 15) is 0 Å². The molecule has 1 fully saturated rings. The molecule has 1 rings (SSSR count). The van der Waals surface area contributed by atoms with Crippen LogP contribution >= 0.6 is 0 Å². The molecule has 114 valence electrons. The van der Waals surface area contributed by atoms with Gasteiger partial charge in [0.15, 0.2) is 0 Å². The lowest BCUT2D eigenvalue weighted by atomic mass is 9.93. The summed E-state index contributed by atoms with van der Waals surface area (Å²) in [6.07, 6.45) is 7.72. The Bertz CT molecular complexity index is 214. The second-order valence-electron chi connectivity index (χ2n) is 5.58. The first-order valence-electron chi connectivity index (χ1n) is 7.75. The van der Waals surface area contributed by atoms with E-state index >= 15 is 0 Å². The fourth-order valence-electron chi connectivity index (χ4n) is 3.18. The lowest BCUT2D eigenvalue weighted by molar-refractivity contribution is 0.0800. The third-order valence-electron chi connectivity index (χ3n) is 4.27. The van der Waals surface area contributed by atoms with Crippen LogP contribution < -0.4 is 5.73 Å². The maximum absolute atomic E-state index is 6.00. The minimum Gasteiger partial charge on any atom is -0.385 e. The molecule has 2 N–H and O–H groups in total. The first-order chi connectivity index (χ1) is 9.33. The van der Waals surface area contributed by atoms with Gasteiger partial charge in [-0.3, -0.25) is 4.90 Å². The third-order valence-corrected chi connectivity index (χ3v) is 4.27. The summed E-state index contributed by atoms with van der Waals surface area (Å²) in [6, 6.07) is 0.638. The molecule has 19 heavy (non-hydrogen) atoms. The molecule has 2 atom stereocenters. The van der Waals surface area contributed by atoms with Gasteiger partial charge in [0.1, 0.15) is 0 Å². The number of nitrogens with zero attached hydrogens (tertiary/aromatic N) is 1. The van der Waals surface area contributed by atoms with Gasteiger partial charge in [-0.25, -0.2) is 0 Å². The molecule has 0 aromatic rings. The Morgan fingerprint density at radius 1 is 1.00 bits per heavy atom. The minimum atomic E-state index is 0.638.